The van der Waals surface area contributed by atoms with Gasteiger partial charge < -0.3 is 4.74 Å². The Kier molecular flexibility index (Phi) is 3.47. The van der Waals surface area contributed by atoms with Crippen molar-refractivity contribution in [2.75, 3.05) is 0 Å². The predicted octanol–water partition coefficient (Wildman–Crippen LogP) is 4.55. The molecule has 3 aromatic rings. The van der Waals surface area contributed by atoms with E-state index in [1.165, 1.54) is 17.8 Å². The summed E-state index contributed by atoms with van der Waals surface area (Å²) in [5, 5.41) is 12.2. The zero-order valence-corrected chi connectivity index (χ0v) is 12.2. The lowest BCUT2D eigenvalue weighted by Crippen LogP contribution is -1.93. The lowest BCUT2D eigenvalue weighted by atomic mass is 10.1. The highest BCUT2D eigenvalue weighted by atomic mass is 16.6. The molecule has 0 aliphatic heterocycles. The summed E-state index contributed by atoms with van der Waals surface area (Å²) in [6, 6.07) is 10.6. The molecule has 5 nitrogen and oxygen atoms in total. The Morgan fingerprint density at radius 1 is 1.05 bits per heavy atom. The van der Waals surface area contributed by atoms with Crippen LogP contribution in [-0.2, 0) is 0 Å². The number of pyridine rings is 1. The smallest absolute Gasteiger partial charge is 0.279 e. The highest BCUT2D eigenvalue weighted by molar-refractivity contribution is 5.94. The van der Waals surface area contributed by atoms with Crippen molar-refractivity contribution < 1.29 is 9.66 Å². The van der Waals surface area contributed by atoms with E-state index in [9.17, 15) is 10.1 Å². The van der Waals surface area contributed by atoms with Gasteiger partial charge in [-0.2, -0.15) is 0 Å². The number of aryl methyl sites for hydroxylation is 2. The minimum Gasteiger partial charge on any atom is -0.457 e. The molecule has 5 heteroatoms. The predicted molar refractivity (Wildman–Crippen MR) is 84.4 cm³/mol. The summed E-state index contributed by atoms with van der Waals surface area (Å²) in [6.07, 6.45) is 3.08. The van der Waals surface area contributed by atoms with Gasteiger partial charge in [0.05, 0.1) is 10.3 Å². The normalized spacial score (nSPS) is 10.6. The molecule has 0 N–H and O–H groups in total. The molecule has 0 saturated heterocycles. The summed E-state index contributed by atoms with van der Waals surface area (Å²) in [5.41, 5.74) is 2.34. The van der Waals surface area contributed by atoms with Gasteiger partial charge in [0.25, 0.3) is 5.69 Å². The minimum atomic E-state index is -0.413. The fourth-order valence-electron chi connectivity index (χ4n) is 2.30. The van der Waals surface area contributed by atoms with Crippen LogP contribution < -0.4 is 4.74 Å². The highest BCUT2D eigenvalue weighted by Gasteiger charge is 2.15. The monoisotopic (exact) mass is 294 g/mol. The van der Waals surface area contributed by atoms with Gasteiger partial charge in [-0.1, -0.05) is 6.07 Å². The average molecular weight is 294 g/mol. The molecule has 0 fully saturated rings. The van der Waals surface area contributed by atoms with Crippen LogP contribution in [0.25, 0.3) is 10.8 Å². The van der Waals surface area contributed by atoms with Gasteiger partial charge in [-0.05, 0) is 49.2 Å². The van der Waals surface area contributed by atoms with Gasteiger partial charge in [-0.15, -0.1) is 0 Å². The molecule has 0 spiro atoms. The Morgan fingerprint density at radius 3 is 2.59 bits per heavy atom. The molecule has 0 bridgehead atoms. The topological polar surface area (TPSA) is 65.3 Å². The van der Waals surface area contributed by atoms with Crippen molar-refractivity contribution >= 4 is 16.5 Å². The third kappa shape index (κ3) is 2.48. The van der Waals surface area contributed by atoms with Gasteiger partial charge >= 0.3 is 0 Å². The molecule has 2 aromatic carbocycles. The van der Waals surface area contributed by atoms with Crippen LogP contribution in [0.3, 0.4) is 0 Å². The van der Waals surface area contributed by atoms with Crippen molar-refractivity contribution in [1.29, 1.82) is 0 Å². The van der Waals surface area contributed by atoms with Crippen molar-refractivity contribution in [1.82, 2.24) is 4.98 Å². The second-order valence-corrected chi connectivity index (χ2v) is 5.11. The Morgan fingerprint density at radius 2 is 1.86 bits per heavy atom. The zero-order chi connectivity index (χ0) is 15.7. The second-order valence-electron chi connectivity index (χ2n) is 5.11. The molecule has 0 atom stereocenters. The van der Waals surface area contributed by atoms with Crippen LogP contribution in [0.15, 0.2) is 48.8 Å². The molecule has 0 unspecified atom stereocenters. The van der Waals surface area contributed by atoms with E-state index in [2.05, 4.69) is 4.98 Å². The Hall–Kier alpha value is -2.95. The first-order chi connectivity index (χ1) is 10.6. The van der Waals surface area contributed by atoms with E-state index >= 15 is 0 Å². The number of aromatic nitrogens is 1. The van der Waals surface area contributed by atoms with Crippen molar-refractivity contribution in [3.8, 4) is 11.5 Å². The second kappa shape index (κ2) is 5.44. The molecular formula is C17H14N2O3. The zero-order valence-electron chi connectivity index (χ0n) is 12.2. The van der Waals surface area contributed by atoms with Crippen LogP contribution in [0.1, 0.15) is 11.1 Å². The summed E-state index contributed by atoms with van der Waals surface area (Å²) in [6.45, 7) is 4.05. The number of non-ortho nitro benzene ring substituents is 1. The Bertz CT molecular complexity index is 875. The molecule has 110 valence electrons. The molecule has 22 heavy (non-hydrogen) atoms. The van der Waals surface area contributed by atoms with E-state index in [1.807, 2.05) is 32.0 Å². The van der Waals surface area contributed by atoms with Crippen molar-refractivity contribution in [3.63, 3.8) is 0 Å². The number of nitro groups is 1. The number of rotatable bonds is 3. The molecule has 1 aromatic heterocycles. The van der Waals surface area contributed by atoms with Crippen molar-refractivity contribution in [2.24, 2.45) is 0 Å². The molecule has 0 aliphatic carbocycles. The van der Waals surface area contributed by atoms with Gasteiger partial charge in [0.15, 0.2) is 0 Å². The van der Waals surface area contributed by atoms with E-state index < -0.39 is 4.92 Å². The van der Waals surface area contributed by atoms with Gasteiger partial charge in [0, 0.05) is 23.8 Å². The number of hydrogen-bond acceptors (Lipinski definition) is 4. The molecule has 0 amide bonds. The molecule has 1 heterocycles. The first-order valence-corrected chi connectivity index (χ1v) is 6.82. The summed E-state index contributed by atoms with van der Waals surface area (Å²) < 4.78 is 5.91. The standard InChI is InChI=1S/C17H14N2O3/c1-11-3-4-13(9-12(11)2)22-17-6-5-16(19(20)21)15-10-18-8-7-14(15)17/h3-10H,1-2H3. The van der Waals surface area contributed by atoms with E-state index in [4.69, 9.17) is 4.74 Å². The lowest BCUT2D eigenvalue weighted by molar-refractivity contribution is -0.383. The first kappa shape index (κ1) is 14.0. The molecular weight excluding hydrogens is 280 g/mol. The number of hydrogen-bond donors (Lipinski definition) is 0. The quantitative estimate of drug-likeness (QED) is 0.525. The fraction of sp³-hybridized carbons (Fsp3) is 0.118. The Balaban J connectivity index is 2.10. The van der Waals surface area contributed by atoms with Gasteiger partial charge in [-0.25, -0.2) is 0 Å². The van der Waals surface area contributed by atoms with Gasteiger partial charge in [-0.3, -0.25) is 15.1 Å². The number of nitro benzene ring substituents is 1. The molecule has 3 rings (SSSR count). The minimum absolute atomic E-state index is 0.0236. The van der Waals surface area contributed by atoms with Crippen LogP contribution in [0.4, 0.5) is 5.69 Å². The summed E-state index contributed by atoms with van der Waals surface area (Å²) in [4.78, 5) is 14.7. The number of nitrogens with zero attached hydrogens (tertiary/aromatic N) is 2. The van der Waals surface area contributed by atoms with Crippen LogP contribution >= 0.6 is 0 Å². The van der Waals surface area contributed by atoms with Gasteiger partial charge in [0.1, 0.15) is 11.5 Å². The summed E-state index contributed by atoms with van der Waals surface area (Å²) in [7, 11) is 0. The number of ether oxygens (including phenoxy) is 1. The average Bonchev–Trinajstić information content (AvgIpc) is 2.51. The maximum Gasteiger partial charge on any atom is 0.279 e. The van der Waals surface area contributed by atoms with Crippen LogP contribution in [0.5, 0.6) is 11.5 Å². The number of benzene rings is 2. The molecule has 0 radical (unpaired) electrons. The summed E-state index contributed by atoms with van der Waals surface area (Å²) in [5.74, 6) is 1.28. The van der Waals surface area contributed by atoms with Crippen molar-refractivity contribution in [3.05, 3.63) is 70.0 Å². The Labute approximate surface area is 127 Å². The first-order valence-electron chi connectivity index (χ1n) is 6.82. The number of fused-ring (bicyclic) bond motifs is 1. The van der Waals surface area contributed by atoms with Crippen LogP contribution in [-0.4, -0.2) is 9.91 Å². The SMILES string of the molecule is Cc1ccc(Oc2ccc([N+](=O)[O-])c3cnccc23)cc1C. The maximum absolute atomic E-state index is 11.1. The van der Waals surface area contributed by atoms with Gasteiger partial charge in [0.2, 0.25) is 0 Å². The largest absolute Gasteiger partial charge is 0.457 e. The van der Waals surface area contributed by atoms with E-state index in [1.54, 1.807) is 18.3 Å². The molecule has 0 aliphatic rings. The fourth-order valence-corrected chi connectivity index (χ4v) is 2.30. The van der Waals surface area contributed by atoms with Crippen molar-refractivity contribution in [2.45, 2.75) is 13.8 Å². The summed E-state index contributed by atoms with van der Waals surface area (Å²) >= 11 is 0. The third-order valence-corrected chi connectivity index (χ3v) is 3.66. The van der Waals surface area contributed by atoms with E-state index in [-0.39, 0.29) is 5.69 Å². The van der Waals surface area contributed by atoms with E-state index in [0.717, 1.165) is 5.56 Å². The molecule has 0 saturated carbocycles. The van der Waals surface area contributed by atoms with E-state index in [0.29, 0.717) is 22.3 Å². The highest BCUT2D eigenvalue weighted by Crippen LogP contribution is 2.35. The lowest BCUT2D eigenvalue weighted by Gasteiger charge is -2.10. The maximum atomic E-state index is 11.1. The van der Waals surface area contributed by atoms with Crippen LogP contribution in [0, 0.1) is 24.0 Å². The van der Waals surface area contributed by atoms with Crippen LogP contribution in [0.2, 0.25) is 0 Å². The third-order valence-electron chi connectivity index (χ3n) is 3.66.